The summed E-state index contributed by atoms with van der Waals surface area (Å²) < 4.78 is 0. The summed E-state index contributed by atoms with van der Waals surface area (Å²) in [7, 11) is 1.94. The fourth-order valence-corrected chi connectivity index (χ4v) is 3.24. The molecule has 0 aromatic rings. The molecule has 0 heterocycles. The van der Waals surface area contributed by atoms with Crippen LogP contribution in [0.3, 0.4) is 0 Å². The fraction of sp³-hybridized carbons (Fsp3) is 0.929. The number of likely N-dealkylation sites (N-methyl/N-ethyl adjacent to an activating group) is 2. The maximum Gasteiger partial charge on any atom is 0.236 e. The molecule has 0 bridgehead atoms. The third kappa shape index (κ3) is 2.69. The van der Waals surface area contributed by atoms with Gasteiger partial charge >= 0.3 is 0 Å². The molecule has 104 valence electrons. The van der Waals surface area contributed by atoms with Crippen molar-refractivity contribution >= 4 is 5.91 Å². The van der Waals surface area contributed by atoms with Gasteiger partial charge < -0.3 is 10.6 Å². The van der Waals surface area contributed by atoms with Crippen molar-refractivity contribution < 1.29 is 4.79 Å². The number of carbonyl (C=O) groups excluding carboxylic acids is 1. The first-order chi connectivity index (χ1) is 8.63. The Kier molecular flexibility index (Phi) is 4.28. The van der Waals surface area contributed by atoms with E-state index in [0.717, 1.165) is 19.4 Å². The second-order valence-corrected chi connectivity index (χ2v) is 5.89. The van der Waals surface area contributed by atoms with Crippen LogP contribution >= 0.6 is 0 Å². The highest BCUT2D eigenvalue weighted by Gasteiger charge is 2.39. The Morgan fingerprint density at radius 3 is 2.39 bits per heavy atom. The van der Waals surface area contributed by atoms with Gasteiger partial charge in [-0.3, -0.25) is 9.69 Å². The standard InChI is InChI=1S/C14H27N3O/c1-3-17(14(11-15)8-4-5-9-14)10-13(18)16(2)12-6-7-12/h12H,3-11,15H2,1-2H3. The normalized spacial score (nSPS) is 22.4. The van der Waals surface area contributed by atoms with Gasteiger partial charge in [0.05, 0.1) is 6.54 Å². The van der Waals surface area contributed by atoms with Crippen LogP contribution in [0.25, 0.3) is 0 Å². The summed E-state index contributed by atoms with van der Waals surface area (Å²) in [5.74, 6) is 0.263. The van der Waals surface area contributed by atoms with Gasteiger partial charge in [-0.1, -0.05) is 19.8 Å². The Bertz CT molecular complexity index is 295. The fourth-order valence-electron chi connectivity index (χ4n) is 3.24. The molecule has 0 saturated heterocycles. The molecule has 2 saturated carbocycles. The molecule has 0 unspecified atom stereocenters. The summed E-state index contributed by atoms with van der Waals surface area (Å²) in [6.07, 6.45) is 7.16. The van der Waals surface area contributed by atoms with Crippen molar-refractivity contribution in [2.75, 3.05) is 26.7 Å². The lowest BCUT2D eigenvalue weighted by atomic mass is 9.95. The van der Waals surface area contributed by atoms with Crippen molar-refractivity contribution in [1.29, 1.82) is 0 Å². The minimum atomic E-state index is 0.0921. The van der Waals surface area contributed by atoms with E-state index in [1.807, 2.05) is 11.9 Å². The maximum absolute atomic E-state index is 12.3. The number of hydrogen-bond acceptors (Lipinski definition) is 3. The van der Waals surface area contributed by atoms with E-state index in [2.05, 4.69) is 11.8 Å². The molecule has 2 rings (SSSR count). The Morgan fingerprint density at radius 1 is 1.33 bits per heavy atom. The van der Waals surface area contributed by atoms with E-state index in [1.165, 1.54) is 25.7 Å². The first-order valence-electron chi connectivity index (χ1n) is 7.34. The quantitative estimate of drug-likeness (QED) is 0.774. The molecule has 1 amide bonds. The van der Waals surface area contributed by atoms with Crippen molar-refractivity contribution in [3.8, 4) is 0 Å². The van der Waals surface area contributed by atoms with Crippen LogP contribution in [-0.4, -0.2) is 54.0 Å². The Balaban J connectivity index is 1.97. The molecule has 18 heavy (non-hydrogen) atoms. The lowest BCUT2D eigenvalue weighted by Gasteiger charge is -2.40. The van der Waals surface area contributed by atoms with Gasteiger partial charge in [0.2, 0.25) is 5.91 Å². The number of hydrogen-bond donors (Lipinski definition) is 1. The summed E-state index contributed by atoms with van der Waals surface area (Å²) in [5, 5.41) is 0. The average Bonchev–Trinajstić information content (AvgIpc) is 3.13. The lowest BCUT2D eigenvalue weighted by Crippen LogP contribution is -2.55. The van der Waals surface area contributed by atoms with Gasteiger partial charge in [-0.05, 0) is 32.2 Å². The largest absolute Gasteiger partial charge is 0.342 e. The van der Waals surface area contributed by atoms with Crippen LogP contribution in [-0.2, 0) is 4.79 Å². The highest BCUT2D eigenvalue weighted by Crippen LogP contribution is 2.34. The first kappa shape index (κ1) is 13.8. The van der Waals surface area contributed by atoms with Crippen LogP contribution in [0.4, 0.5) is 0 Å². The molecule has 0 aliphatic heterocycles. The molecule has 2 aliphatic carbocycles. The second kappa shape index (κ2) is 5.57. The van der Waals surface area contributed by atoms with Crippen LogP contribution < -0.4 is 5.73 Å². The van der Waals surface area contributed by atoms with E-state index in [-0.39, 0.29) is 11.4 Å². The number of rotatable bonds is 6. The molecule has 0 atom stereocenters. The molecule has 2 N–H and O–H groups in total. The SMILES string of the molecule is CCN(CC(=O)N(C)C1CC1)C1(CN)CCCC1. The minimum Gasteiger partial charge on any atom is -0.342 e. The summed E-state index contributed by atoms with van der Waals surface area (Å²) >= 11 is 0. The summed E-state index contributed by atoms with van der Waals surface area (Å²) in [4.78, 5) is 16.5. The van der Waals surface area contributed by atoms with E-state index >= 15 is 0 Å². The molecule has 2 fully saturated rings. The van der Waals surface area contributed by atoms with E-state index in [9.17, 15) is 4.79 Å². The predicted octanol–water partition coefficient (Wildman–Crippen LogP) is 1.20. The zero-order chi connectivity index (χ0) is 13.2. The molecule has 2 aliphatic rings. The zero-order valence-corrected chi connectivity index (χ0v) is 11.8. The molecular formula is C14H27N3O. The molecule has 4 heteroatoms. The summed E-state index contributed by atoms with van der Waals surface area (Å²) in [6.45, 7) is 4.28. The summed E-state index contributed by atoms with van der Waals surface area (Å²) in [6, 6.07) is 0.508. The second-order valence-electron chi connectivity index (χ2n) is 5.89. The number of nitrogens with two attached hydrogens (primary N) is 1. The van der Waals surface area contributed by atoms with Crippen LogP contribution in [0.15, 0.2) is 0 Å². The minimum absolute atomic E-state index is 0.0921. The Hall–Kier alpha value is -0.610. The molecule has 0 aromatic heterocycles. The van der Waals surface area contributed by atoms with E-state index in [4.69, 9.17) is 5.73 Å². The Labute approximate surface area is 110 Å². The van der Waals surface area contributed by atoms with E-state index in [0.29, 0.717) is 19.1 Å². The number of carbonyl (C=O) groups is 1. The van der Waals surface area contributed by atoms with Crippen molar-refractivity contribution in [3.63, 3.8) is 0 Å². The maximum atomic E-state index is 12.3. The van der Waals surface area contributed by atoms with Gasteiger partial charge in [-0.25, -0.2) is 0 Å². The van der Waals surface area contributed by atoms with E-state index in [1.54, 1.807) is 0 Å². The van der Waals surface area contributed by atoms with Crippen LogP contribution in [0.2, 0.25) is 0 Å². The van der Waals surface area contributed by atoms with E-state index < -0.39 is 0 Å². The van der Waals surface area contributed by atoms with Gasteiger partial charge in [0, 0.05) is 25.2 Å². The highest BCUT2D eigenvalue weighted by molar-refractivity contribution is 5.78. The zero-order valence-electron chi connectivity index (χ0n) is 11.8. The van der Waals surface area contributed by atoms with Crippen LogP contribution in [0.1, 0.15) is 45.4 Å². The molecule has 0 radical (unpaired) electrons. The van der Waals surface area contributed by atoms with Crippen molar-refractivity contribution in [2.45, 2.75) is 57.0 Å². The molecule has 0 spiro atoms. The number of nitrogens with zero attached hydrogens (tertiary/aromatic N) is 2. The smallest absolute Gasteiger partial charge is 0.236 e. The first-order valence-corrected chi connectivity index (χ1v) is 7.34. The van der Waals surface area contributed by atoms with Crippen molar-refractivity contribution in [1.82, 2.24) is 9.80 Å². The van der Waals surface area contributed by atoms with Gasteiger partial charge in [0.1, 0.15) is 0 Å². The van der Waals surface area contributed by atoms with Gasteiger partial charge in [0.25, 0.3) is 0 Å². The summed E-state index contributed by atoms with van der Waals surface area (Å²) in [5.41, 5.74) is 6.09. The third-order valence-corrected chi connectivity index (χ3v) is 4.78. The van der Waals surface area contributed by atoms with Crippen LogP contribution in [0, 0.1) is 0 Å². The average molecular weight is 253 g/mol. The van der Waals surface area contributed by atoms with Gasteiger partial charge in [-0.2, -0.15) is 0 Å². The topological polar surface area (TPSA) is 49.6 Å². The highest BCUT2D eigenvalue weighted by atomic mass is 16.2. The predicted molar refractivity (Wildman–Crippen MR) is 73.3 cm³/mol. The van der Waals surface area contributed by atoms with Gasteiger partial charge in [-0.15, -0.1) is 0 Å². The third-order valence-electron chi connectivity index (χ3n) is 4.78. The van der Waals surface area contributed by atoms with Crippen LogP contribution in [0.5, 0.6) is 0 Å². The molecule has 4 nitrogen and oxygen atoms in total. The molecule has 0 aromatic carbocycles. The monoisotopic (exact) mass is 253 g/mol. The van der Waals surface area contributed by atoms with Gasteiger partial charge in [0.15, 0.2) is 0 Å². The van der Waals surface area contributed by atoms with Crippen molar-refractivity contribution in [2.24, 2.45) is 5.73 Å². The van der Waals surface area contributed by atoms with Crippen molar-refractivity contribution in [3.05, 3.63) is 0 Å². The lowest BCUT2D eigenvalue weighted by molar-refractivity contribution is -0.133. The molecular weight excluding hydrogens is 226 g/mol. The number of amides is 1. The Morgan fingerprint density at radius 2 is 1.94 bits per heavy atom.